The van der Waals surface area contributed by atoms with E-state index in [1.165, 1.54) is 17.4 Å². The molecule has 0 fully saturated rings. The smallest absolute Gasteiger partial charge is 0.267 e. The van der Waals surface area contributed by atoms with Gasteiger partial charge in [0.05, 0.1) is 10.6 Å². The summed E-state index contributed by atoms with van der Waals surface area (Å²) in [4.78, 5) is 17.7. The molecule has 0 atom stereocenters. The number of rotatable bonds is 3. The summed E-state index contributed by atoms with van der Waals surface area (Å²) in [6.07, 6.45) is 0. The molecule has 0 spiro atoms. The molecule has 2 heterocycles. The van der Waals surface area contributed by atoms with E-state index in [0.717, 1.165) is 15.6 Å². The highest BCUT2D eigenvalue weighted by molar-refractivity contribution is 7.21. The number of benzene rings is 3. The molecular formula is C23H15ClN2O3S. The highest BCUT2D eigenvalue weighted by Gasteiger charge is 2.19. The van der Waals surface area contributed by atoms with E-state index >= 15 is 0 Å². The fourth-order valence-electron chi connectivity index (χ4n) is 3.29. The summed E-state index contributed by atoms with van der Waals surface area (Å²) in [7, 11) is 0. The zero-order valence-corrected chi connectivity index (χ0v) is 17.3. The lowest BCUT2D eigenvalue weighted by atomic mass is 10.1. The summed E-state index contributed by atoms with van der Waals surface area (Å²) in [5.74, 6) is -0.0219. The highest BCUT2D eigenvalue weighted by Crippen LogP contribution is 2.37. The van der Waals surface area contributed by atoms with Crippen molar-refractivity contribution in [2.45, 2.75) is 6.92 Å². The van der Waals surface area contributed by atoms with Gasteiger partial charge < -0.3 is 14.8 Å². The van der Waals surface area contributed by atoms with Crippen LogP contribution in [-0.2, 0) is 0 Å². The van der Waals surface area contributed by atoms with Gasteiger partial charge in [0.2, 0.25) is 5.89 Å². The van der Waals surface area contributed by atoms with Crippen LogP contribution in [0.15, 0.2) is 65.1 Å². The predicted octanol–water partition coefficient (Wildman–Crippen LogP) is 6.63. The standard InChI is InChI=1S/C23H15ClN2O3S/c1-12-6-9-18-16(10-12)26-23(29-18)15-11-13(7-8-17(15)27)25-22(28)21-20(24)14-4-2-3-5-19(14)30-21/h2-11,27H,1H3,(H,25,28). The lowest BCUT2D eigenvalue weighted by molar-refractivity contribution is 0.103. The average Bonchev–Trinajstić information content (AvgIpc) is 3.30. The molecule has 5 nitrogen and oxygen atoms in total. The number of carbonyl (C=O) groups excluding carboxylic acids is 1. The molecule has 7 heteroatoms. The van der Waals surface area contributed by atoms with Crippen LogP contribution in [0, 0.1) is 6.92 Å². The van der Waals surface area contributed by atoms with E-state index in [0.29, 0.717) is 32.3 Å². The molecule has 3 aromatic carbocycles. The Morgan fingerprint density at radius 2 is 1.97 bits per heavy atom. The monoisotopic (exact) mass is 434 g/mol. The molecule has 0 aliphatic carbocycles. The van der Waals surface area contributed by atoms with Gasteiger partial charge in [0.15, 0.2) is 5.58 Å². The van der Waals surface area contributed by atoms with Crippen molar-refractivity contribution in [2.75, 3.05) is 5.32 Å². The summed E-state index contributed by atoms with van der Waals surface area (Å²) < 4.78 is 6.74. The van der Waals surface area contributed by atoms with Crippen molar-refractivity contribution in [3.63, 3.8) is 0 Å². The van der Waals surface area contributed by atoms with Gasteiger partial charge in [0.25, 0.3) is 5.91 Å². The molecule has 0 unspecified atom stereocenters. The van der Waals surface area contributed by atoms with E-state index in [1.807, 2.05) is 49.4 Å². The number of halogens is 1. The summed E-state index contributed by atoms with van der Waals surface area (Å²) in [5, 5.41) is 14.5. The van der Waals surface area contributed by atoms with Gasteiger partial charge in [-0.15, -0.1) is 11.3 Å². The number of aryl methyl sites for hydroxylation is 1. The molecule has 2 N–H and O–H groups in total. The van der Waals surface area contributed by atoms with Crippen molar-refractivity contribution in [1.82, 2.24) is 4.98 Å². The van der Waals surface area contributed by atoms with Gasteiger partial charge in [-0.05, 0) is 48.9 Å². The first kappa shape index (κ1) is 18.7. The lowest BCUT2D eigenvalue weighted by Crippen LogP contribution is -2.10. The van der Waals surface area contributed by atoms with Crippen LogP contribution in [0.3, 0.4) is 0 Å². The minimum Gasteiger partial charge on any atom is -0.507 e. The second-order valence-corrected chi connectivity index (χ2v) is 8.35. The summed E-state index contributed by atoms with van der Waals surface area (Å²) in [6, 6.07) is 18.0. The fourth-order valence-corrected chi connectivity index (χ4v) is 4.70. The van der Waals surface area contributed by atoms with E-state index < -0.39 is 0 Å². The van der Waals surface area contributed by atoms with Crippen LogP contribution in [0.25, 0.3) is 32.6 Å². The first-order valence-corrected chi connectivity index (χ1v) is 10.4. The van der Waals surface area contributed by atoms with Gasteiger partial charge in [0, 0.05) is 15.8 Å². The van der Waals surface area contributed by atoms with E-state index in [9.17, 15) is 9.90 Å². The van der Waals surface area contributed by atoms with E-state index in [4.69, 9.17) is 16.0 Å². The molecule has 0 aliphatic rings. The Hall–Kier alpha value is -3.35. The van der Waals surface area contributed by atoms with Crippen LogP contribution < -0.4 is 5.32 Å². The van der Waals surface area contributed by atoms with Crippen LogP contribution >= 0.6 is 22.9 Å². The van der Waals surface area contributed by atoms with Gasteiger partial charge in [-0.25, -0.2) is 4.98 Å². The normalized spacial score (nSPS) is 11.3. The van der Waals surface area contributed by atoms with Crippen molar-refractivity contribution in [1.29, 1.82) is 0 Å². The molecule has 2 aromatic heterocycles. The quantitative estimate of drug-likeness (QED) is 0.312. The molecule has 5 aromatic rings. The molecule has 0 saturated heterocycles. The number of aromatic hydroxyl groups is 1. The molecule has 0 aliphatic heterocycles. The van der Waals surface area contributed by atoms with Crippen LogP contribution in [-0.4, -0.2) is 16.0 Å². The van der Waals surface area contributed by atoms with Crippen LogP contribution in [0.4, 0.5) is 5.69 Å². The first-order valence-electron chi connectivity index (χ1n) is 9.18. The Balaban J connectivity index is 1.49. The van der Waals surface area contributed by atoms with Gasteiger partial charge in [-0.3, -0.25) is 4.79 Å². The largest absolute Gasteiger partial charge is 0.507 e. The first-order chi connectivity index (χ1) is 14.5. The number of aromatic nitrogens is 1. The number of hydrogen-bond donors (Lipinski definition) is 2. The topological polar surface area (TPSA) is 75.4 Å². The van der Waals surface area contributed by atoms with Gasteiger partial charge in [-0.1, -0.05) is 35.9 Å². The summed E-state index contributed by atoms with van der Waals surface area (Å²) in [6.45, 7) is 1.97. The molecule has 5 rings (SSSR count). The van der Waals surface area contributed by atoms with Gasteiger partial charge >= 0.3 is 0 Å². The molecule has 0 bridgehead atoms. The summed E-state index contributed by atoms with van der Waals surface area (Å²) >= 11 is 7.75. The molecule has 148 valence electrons. The number of nitrogens with one attached hydrogen (secondary N) is 1. The third-order valence-electron chi connectivity index (χ3n) is 4.77. The number of thiophene rings is 1. The van der Waals surface area contributed by atoms with Crippen molar-refractivity contribution >= 4 is 55.7 Å². The molecule has 0 saturated carbocycles. The van der Waals surface area contributed by atoms with Crippen LogP contribution in [0.5, 0.6) is 5.75 Å². The van der Waals surface area contributed by atoms with Crippen LogP contribution in [0.2, 0.25) is 5.02 Å². The van der Waals surface area contributed by atoms with Crippen molar-refractivity contribution < 1.29 is 14.3 Å². The molecule has 30 heavy (non-hydrogen) atoms. The number of phenolic OH excluding ortho intramolecular Hbond substituents is 1. The maximum atomic E-state index is 12.8. The SMILES string of the molecule is Cc1ccc2oc(-c3cc(NC(=O)c4sc5ccccc5c4Cl)ccc3O)nc2c1. The minimum absolute atomic E-state index is 0.0103. The number of anilines is 1. The molecule has 1 amide bonds. The number of carbonyl (C=O) groups is 1. The predicted molar refractivity (Wildman–Crippen MR) is 121 cm³/mol. The van der Waals surface area contributed by atoms with E-state index in [-0.39, 0.29) is 17.5 Å². The Kier molecular flexibility index (Phi) is 4.46. The highest BCUT2D eigenvalue weighted by atomic mass is 35.5. The second-order valence-electron chi connectivity index (χ2n) is 6.92. The molecule has 0 radical (unpaired) electrons. The Morgan fingerprint density at radius 1 is 1.13 bits per heavy atom. The zero-order valence-electron chi connectivity index (χ0n) is 15.8. The lowest BCUT2D eigenvalue weighted by Gasteiger charge is -2.07. The number of amides is 1. The average molecular weight is 435 g/mol. The summed E-state index contributed by atoms with van der Waals surface area (Å²) in [5.41, 5.74) is 3.29. The van der Waals surface area contributed by atoms with E-state index in [2.05, 4.69) is 10.3 Å². The fraction of sp³-hybridized carbons (Fsp3) is 0.0435. The molecular weight excluding hydrogens is 420 g/mol. The number of fused-ring (bicyclic) bond motifs is 2. The van der Waals surface area contributed by atoms with E-state index in [1.54, 1.807) is 12.1 Å². The number of phenols is 1. The maximum absolute atomic E-state index is 12.8. The Bertz CT molecular complexity index is 1440. The number of oxazole rings is 1. The number of hydrogen-bond acceptors (Lipinski definition) is 5. The second kappa shape index (κ2) is 7.16. The minimum atomic E-state index is -0.314. The Labute approximate surface area is 180 Å². The van der Waals surface area contributed by atoms with Crippen molar-refractivity contribution in [2.24, 2.45) is 0 Å². The third kappa shape index (κ3) is 3.20. The van der Waals surface area contributed by atoms with Crippen LogP contribution in [0.1, 0.15) is 15.2 Å². The zero-order chi connectivity index (χ0) is 20.8. The number of nitrogens with zero attached hydrogens (tertiary/aromatic N) is 1. The Morgan fingerprint density at radius 3 is 2.80 bits per heavy atom. The van der Waals surface area contributed by atoms with Gasteiger partial charge in [0.1, 0.15) is 16.1 Å². The third-order valence-corrected chi connectivity index (χ3v) is 6.44. The van der Waals surface area contributed by atoms with Crippen molar-refractivity contribution in [3.8, 4) is 17.2 Å². The maximum Gasteiger partial charge on any atom is 0.267 e. The van der Waals surface area contributed by atoms with Crippen molar-refractivity contribution in [3.05, 3.63) is 76.1 Å². The van der Waals surface area contributed by atoms with Gasteiger partial charge in [-0.2, -0.15) is 0 Å².